The molecular formula is C20H30O2. The molecule has 0 bridgehead atoms. The van der Waals surface area contributed by atoms with Crippen LogP contribution >= 0.6 is 0 Å². The van der Waals surface area contributed by atoms with Gasteiger partial charge in [0.2, 0.25) is 0 Å². The third-order valence-corrected chi connectivity index (χ3v) is 6.67. The molecule has 2 nitrogen and oxygen atoms in total. The number of Topliss-reactive ketones (excluding diaryl/α,β-unsaturated/α-hetero) is 2. The predicted octanol–water partition coefficient (Wildman–Crippen LogP) is 4.89. The van der Waals surface area contributed by atoms with Crippen LogP contribution in [0, 0.1) is 22.7 Å². The van der Waals surface area contributed by atoms with Crippen molar-refractivity contribution in [3.05, 3.63) is 23.3 Å². The predicted molar refractivity (Wildman–Crippen MR) is 90.5 cm³/mol. The summed E-state index contributed by atoms with van der Waals surface area (Å²) in [7, 11) is 0. The Kier molecular flexibility index (Phi) is 4.52. The van der Waals surface area contributed by atoms with Crippen LogP contribution in [0.4, 0.5) is 0 Å². The molecule has 22 heavy (non-hydrogen) atoms. The molecule has 2 atom stereocenters. The fraction of sp³-hybridized carbons (Fsp3) is 0.700. The Balaban J connectivity index is 1.93. The van der Waals surface area contributed by atoms with E-state index in [0.29, 0.717) is 12.8 Å². The Hall–Kier alpha value is -1.18. The normalized spacial score (nSPS) is 29.2. The van der Waals surface area contributed by atoms with Crippen LogP contribution in [0.5, 0.6) is 0 Å². The van der Waals surface area contributed by atoms with Crippen molar-refractivity contribution in [2.24, 2.45) is 22.7 Å². The summed E-state index contributed by atoms with van der Waals surface area (Å²) in [4.78, 5) is 24.8. The number of allylic oxidation sites excluding steroid dienone is 4. The van der Waals surface area contributed by atoms with Crippen LogP contribution in [0.15, 0.2) is 23.3 Å². The summed E-state index contributed by atoms with van der Waals surface area (Å²) in [5, 5.41) is 0. The van der Waals surface area contributed by atoms with E-state index in [0.717, 1.165) is 12.8 Å². The average molecular weight is 302 g/mol. The number of carbonyl (C=O) groups excluding carboxylic acids is 2. The molecule has 0 aromatic rings. The number of hydrogen-bond donors (Lipinski definition) is 0. The fourth-order valence-electron chi connectivity index (χ4n) is 3.75. The first-order valence-electron chi connectivity index (χ1n) is 8.47. The van der Waals surface area contributed by atoms with Gasteiger partial charge in [-0.25, -0.2) is 0 Å². The van der Waals surface area contributed by atoms with E-state index in [1.807, 2.05) is 0 Å². The number of ketones is 2. The minimum Gasteiger partial charge on any atom is -0.291 e. The maximum Gasteiger partial charge on any atom is 0.198 e. The van der Waals surface area contributed by atoms with E-state index in [2.05, 4.69) is 53.7 Å². The zero-order valence-electron chi connectivity index (χ0n) is 15.0. The second-order valence-corrected chi connectivity index (χ2v) is 8.34. The first-order valence-corrected chi connectivity index (χ1v) is 8.47. The Morgan fingerprint density at radius 2 is 1.18 bits per heavy atom. The van der Waals surface area contributed by atoms with Gasteiger partial charge in [0.1, 0.15) is 0 Å². The molecule has 0 aliphatic heterocycles. The molecule has 2 aliphatic rings. The van der Waals surface area contributed by atoms with Gasteiger partial charge in [0.05, 0.1) is 0 Å². The molecule has 0 amide bonds. The maximum atomic E-state index is 12.4. The summed E-state index contributed by atoms with van der Waals surface area (Å²) < 4.78 is 0. The van der Waals surface area contributed by atoms with Gasteiger partial charge in [0.15, 0.2) is 11.6 Å². The van der Waals surface area contributed by atoms with E-state index in [9.17, 15) is 9.59 Å². The van der Waals surface area contributed by atoms with E-state index in [1.165, 1.54) is 11.1 Å². The minimum atomic E-state index is -0.165. The zero-order chi connectivity index (χ0) is 16.7. The van der Waals surface area contributed by atoms with Crippen molar-refractivity contribution in [1.82, 2.24) is 0 Å². The first kappa shape index (κ1) is 17.2. The van der Waals surface area contributed by atoms with Crippen molar-refractivity contribution in [3.8, 4) is 0 Å². The van der Waals surface area contributed by atoms with E-state index >= 15 is 0 Å². The zero-order valence-corrected chi connectivity index (χ0v) is 15.0. The van der Waals surface area contributed by atoms with Crippen LogP contribution in [0.25, 0.3) is 0 Å². The summed E-state index contributed by atoms with van der Waals surface area (Å²) >= 11 is 0. The van der Waals surface area contributed by atoms with Gasteiger partial charge in [-0.05, 0) is 49.4 Å². The fourth-order valence-corrected chi connectivity index (χ4v) is 3.75. The Labute approximate surface area is 135 Å². The highest BCUT2D eigenvalue weighted by Crippen LogP contribution is 2.46. The van der Waals surface area contributed by atoms with E-state index in [4.69, 9.17) is 0 Å². The first-order chi connectivity index (χ1) is 10.1. The van der Waals surface area contributed by atoms with Crippen molar-refractivity contribution >= 4 is 11.6 Å². The summed E-state index contributed by atoms with van der Waals surface area (Å²) in [5.74, 6) is 0.226. The molecule has 0 saturated carbocycles. The summed E-state index contributed by atoms with van der Waals surface area (Å²) in [6, 6.07) is 0. The molecule has 0 aromatic heterocycles. The third-order valence-electron chi connectivity index (χ3n) is 6.67. The molecule has 2 rings (SSSR count). The van der Waals surface area contributed by atoms with E-state index < -0.39 is 0 Å². The monoisotopic (exact) mass is 302 g/mol. The number of rotatable bonds is 5. The molecule has 0 radical (unpaired) electrons. The minimum absolute atomic E-state index is 0.0424. The lowest BCUT2D eigenvalue weighted by Gasteiger charge is -2.30. The molecule has 0 fully saturated rings. The van der Waals surface area contributed by atoms with Crippen LogP contribution < -0.4 is 0 Å². The van der Waals surface area contributed by atoms with Crippen molar-refractivity contribution < 1.29 is 9.59 Å². The highest BCUT2D eigenvalue weighted by Gasteiger charge is 2.39. The van der Waals surface area contributed by atoms with Gasteiger partial charge < -0.3 is 0 Å². The Bertz CT molecular complexity index is 496. The topological polar surface area (TPSA) is 34.1 Å². The molecule has 2 aliphatic carbocycles. The average Bonchev–Trinajstić information content (AvgIpc) is 2.82. The molecule has 0 saturated heterocycles. The smallest absolute Gasteiger partial charge is 0.198 e. The van der Waals surface area contributed by atoms with Gasteiger partial charge in [-0.3, -0.25) is 9.59 Å². The Morgan fingerprint density at radius 1 is 0.864 bits per heavy atom. The van der Waals surface area contributed by atoms with Gasteiger partial charge in [-0.2, -0.15) is 0 Å². The highest BCUT2D eigenvalue weighted by molar-refractivity contribution is 6.37. The van der Waals surface area contributed by atoms with Crippen LogP contribution in [0.2, 0.25) is 0 Å². The molecule has 0 unspecified atom stereocenters. The third kappa shape index (κ3) is 2.98. The van der Waals surface area contributed by atoms with Crippen molar-refractivity contribution in [2.45, 2.75) is 67.2 Å². The van der Waals surface area contributed by atoms with Gasteiger partial charge >= 0.3 is 0 Å². The largest absolute Gasteiger partial charge is 0.291 e. The van der Waals surface area contributed by atoms with Crippen LogP contribution in [-0.4, -0.2) is 11.6 Å². The molecular weight excluding hydrogens is 272 g/mol. The van der Waals surface area contributed by atoms with Gasteiger partial charge in [-0.1, -0.05) is 51.0 Å². The van der Waals surface area contributed by atoms with Crippen LogP contribution in [-0.2, 0) is 9.59 Å². The second-order valence-electron chi connectivity index (χ2n) is 8.34. The number of carbonyl (C=O) groups is 2. The molecule has 0 spiro atoms. The SMILES string of the molecule is CC1=CC[C@H](CC(=O)C(=O)C[C@H]2CC=C(C)C2(C)C)C1(C)C. The Morgan fingerprint density at radius 3 is 1.41 bits per heavy atom. The summed E-state index contributed by atoms with van der Waals surface area (Å²) in [6.45, 7) is 13.0. The lowest BCUT2D eigenvalue weighted by atomic mass is 9.73. The lowest BCUT2D eigenvalue weighted by Crippen LogP contribution is -2.29. The van der Waals surface area contributed by atoms with Crippen molar-refractivity contribution in [3.63, 3.8) is 0 Å². The van der Waals surface area contributed by atoms with Crippen LogP contribution in [0.1, 0.15) is 67.2 Å². The van der Waals surface area contributed by atoms with Crippen LogP contribution in [0.3, 0.4) is 0 Å². The molecule has 0 heterocycles. The number of hydrogen-bond acceptors (Lipinski definition) is 2. The summed E-state index contributed by atoms with van der Waals surface area (Å²) in [5.41, 5.74) is 2.77. The van der Waals surface area contributed by atoms with E-state index in [1.54, 1.807) is 0 Å². The van der Waals surface area contributed by atoms with Gasteiger partial charge in [-0.15, -0.1) is 0 Å². The molecule has 122 valence electrons. The standard InChI is InChI=1S/C20H30O2/c1-13-7-9-15(19(13,3)4)11-17(21)18(22)12-16-10-8-14(2)20(16,5)6/h7-8,15-16H,9-12H2,1-6H3/t15-,16-/m1/s1. The van der Waals surface area contributed by atoms with E-state index in [-0.39, 0.29) is 34.2 Å². The highest BCUT2D eigenvalue weighted by atomic mass is 16.2. The van der Waals surface area contributed by atoms with Crippen molar-refractivity contribution in [1.29, 1.82) is 0 Å². The summed E-state index contributed by atoms with van der Waals surface area (Å²) in [6.07, 6.45) is 7.09. The molecule has 2 heteroatoms. The van der Waals surface area contributed by atoms with Gasteiger partial charge in [0.25, 0.3) is 0 Å². The van der Waals surface area contributed by atoms with Crippen molar-refractivity contribution in [2.75, 3.05) is 0 Å². The second kappa shape index (κ2) is 5.79. The van der Waals surface area contributed by atoms with Gasteiger partial charge in [0, 0.05) is 12.8 Å². The maximum absolute atomic E-state index is 12.4. The quantitative estimate of drug-likeness (QED) is 0.535. The lowest BCUT2D eigenvalue weighted by molar-refractivity contribution is -0.138. The molecule has 0 aromatic carbocycles. The molecule has 0 N–H and O–H groups in total.